The fourth-order valence-electron chi connectivity index (χ4n) is 13.3. The molecule has 0 radical (unpaired) electrons. The average molecular weight is 884 g/mol. The lowest BCUT2D eigenvalue weighted by molar-refractivity contribution is 0.195. The Morgan fingerprint density at radius 3 is 1.88 bits per heavy atom. The number of anilines is 7. The summed E-state index contributed by atoms with van der Waals surface area (Å²) in [6.45, 7) is 16.7. The van der Waals surface area contributed by atoms with Gasteiger partial charge in [0.15, 0.2) is 0 Å². The van der Waals surface area contributed by atoms with E-state index in [1.165, 1.54) is 79.9 Å². The molecular formula is C62H54BN3O2. The van der Waals surface area contributed by atoms with E-state index in [1.54, 1.807) is 0 Å². The van der Waals surface area contributed by atoms with Crippen molar-refractivity contribution in [1.82, 2.24) is 0 Å². The summed E-state index contributed by atoms with van der Waals surface area (Å²) in [6, 6.07) is 56.6. The summed E-state index contributed by atoms with van der Waals surface area (Å²) in [5, 5.41) is 4.52. The van der Waals surface area contributed by atoms with Crippen molar-refractivity contribution in [2.24, 2.45) is 0 Å². The van der Waals surface area contributed by atoms with E-state index < -0.39 is 0 Å². The Morgan fingerprint density at radius 2 is 1.19 bits per heavy atom. The second kappa shape index (κ2) is 13.7. The maximum absolute atomic E-state index is 6.82. The maximum Gasteiger partial charge on any atom is 0.333 e. The van der Waals surface area contributed by atoms with E-state index in [0.717, 1.165) is 73.8 Å². The third kappa shape index (κ3) is 5.24. The summed E-state index contributed by atoms with van der Waals surface area (Å²) < 4.78 is 13.5. The summed E-state index contributed by atoms with van der Waals surface area (Å²) in [7, 11) is 0. The highest BCUT2D eigenvalue weighted by Gasteiger charge is 2.62. The standard InChI is InChI=1S/C62H54BN3O2/c1-37-18-8-12-22-50(37)64(51-23-13-9-19-38(51)2)41-32-47-45-35-46-43-21-11-15-25-55(43)68-57(46)36-52(45)66(40-26-27-44-42-20-10-14-24-54(42)67-56(44)34-40)63-49-31-39(60(3,4)5)30-48-59(49)65(53(33-41)58(47)63)62(7)29-17-16-28-61(48,62)6/h8-15,18-27,30-36H,16-17,28-29H2,1-7H3. The minimum atomic E-state index is -0.157. The highest BCUT2D eigenvalue weighted by Crippen LogP contribution is 2.63. The van der Waals surface area contributed by atoms with E-state index in [1.807, 2.05) is 0 Å². The van der Waals surface area contributed by atoms with Crippen LogP contribution in [0.4, 0.5) is 39.8 Å². The molecule has 10 aromatic rings. The van der Waals surface area contributed by atoms with Crippen LogP contribution in [0.3, 0.4) is 0 Å². The molecule has 0 spiro atoms. The number of fused-ring (bicyclic) bond motifs is 13. The van der Waals surface area contributed by atoms with Gasteiger partial charge in [-0.25, -0.2) is 0 Å². The van der Waals surface area contributed by atoms with Crippen LogP contribution in [-0.4, -0.2) is 12.4 Å². The van der Waals surface area contributed by atoms with Crippen molar-refractivity contribution in [3.63, 3.8) is 0 Å². The molecule has 0 bridgehead atoms. The van der Waals surface area contributed by atoms with Gasteiger partial charge < -0.3 is 23.4 Å². The lowest BCUT2D eigenvalue weighted by atomic mass is 9.43. The number of para-hydroxylation sites is 4. The van der Waals surface area contributed by atoms with Crippen LogP contribution in [0.15, 0.2) is 160 Å². The SMILES string of the molecule is Cc1ccccc1N(c1cc2c3c(c1)N1c4c(cc(C(C)(C)C)cc4C4(C)CCCCC14C)B3N(c1ccc3c(c1)oc1ccccc13)c1cc3oc4ccccc4c3cc1-2)c1ccccc1C. The Morgan fingerprint density at radius 1 is 0.574 bits per heavy atom. The molecule has 4 aliphatic rings. The maximum atomic E-state index is 6.82. The Hall–Kier alpha value is -7.18. The van der Waals surface area contributed by atoms with Gasteiger partial charge in [-0.15, -0.1) is 0 Å². The Balaban J connectivity index is 1.16. The van der Waals surface area contributed by atoms with Crippen molar-refractivity contribution in [3.8, 4) is 11.1 Å². The predicted molar refractivity (Wildman–Crippen MR) is 286 cm³/mol. The predicted octanol–water partition coefficient (Wildman–Crippen LogP) is 15.8. The van der Waals surface area contributed by atoms with Crippen LogP contribution in [0.2, 0.25) is 0 Å². The fourth-order valence-corrected chi connectivity index (χ4v) is 13.3. The third-order valence-corrected chi connectivity index (χ3v) is 17.0. The molecule has 2 atom stereocenters. The van der Waals surface area contributed by atoms with Gasteiger partial charge in [0.25, 0.3) is 0 Å². The number of hydrogen-bond acceptors (Lipinski definition) is 5. The Kier molecular flexibility index (Phi) is 8.06. The minimum absolute atomic E-state index is 0.0672. The van der Waals surface area contributed by atoms with Gasteiger partial charge in [0.1, 0.15) is 22.3 Å². The van der Waals surface area contributed by atoms with Gasteiger partial charge in [-0.1, -0.05) is 125 Å². The summed E-state index contributed by atoms with van der Waals surface area (Å²) >= 11 is 0. The van der Waals surface area contributed by atoms with E-state index in [0.29, 0.717) is 0 Å². The van der Waals surface area contributed by atoms with E-state index >= 15 is 0 Å². The Bertz CT molecular complexity index is 3750. The number of benzene rings is 8. The zero-order chi connectivity index (χ0) is 46.0. The molecule has 2 unspecified atom stereocenters. The van der Waals surface area contributed by atoms with Gasteiger partial charge in [-0.05, 0) is 132 Å². The molecule has 0 amide bonds. The van der Waals surface area contributed by atoms with Crippen molar-refractivity contribution < 1.29 is 8.83 Å². The van der Waals surface area contributed by atoms with Crippen LogP contribution in [0.25, 0.3) is 55.0 Å². The molecule has 1 saturated carbocycles. The molecular weight excluding hydrogens is 830 g/mol. The van der Waals surface area contributed by atoms with E-state index in [4.69, 9.17) is 8.83 Å². The molecule has 1 aliphatic carbocycles. The lowest BCUT2D eigenvalue weighted by Crippen LogP contribution is -2.64. The second-order valence-electron chi connectivity index (χ2n) is 21.7. The molecule has 2 aromatic heterocycles. The molecule has 0 saturated heterocycles. The van der Waals surface area contributed by atoms with E-state index in [-0.39, 0.29) is 23.2 Å². The average Bonchev–Trinajstić information content (AvgIpc) is 3.96. The largest absolute Gasteiger partial charge is 0.456 e. The Labute approximate surface area is 398 Å². The molecule has 68 heavy (non-hydrogen) atoms. The number of nitrogens with zero attached hydrogens (tertiary/aromatic N) is 3. The zero-order valence-electron chi connectivity index (χ0n) is 40.0. The first-order valence-corrected chi connectivity index (χ1v) is 24.7. The summed E-state index contributed by atoms with van der Waals surface area (Å²) in [4.78, 5) is 8.04. The van der Waals surface area contributed by atoms with Gasteiger partial charge in [0, 0.05) is 84.5 Å². The molecule has 3 aliphatic heterocycles. The first-order chi connectivity index (χ1) is 32.9. The first-order valence-electron chi connectivity index (χ1n) is 24.7. The molecule has 5 nitrogen and oxygen atoms in total. The first kappa shape index (κ1) is 39.9. The van der Waals surface area contributed by atoms with Crippen molar-refractivity contribution in [1.29, 1.82) is 0 Å². The number of rotatable bonds is 4. The van der Waals surface area contributed by atoms with Crippen LogP contribution in [0.1, 0.15) is 82.6 Å². The minimum Gasteiger partial charge on any atom is -0.456 e. The number of furan rings is 2. The molecule has 5 heterocycles. The summed E-state index contributed by atoms with van der Waals surface area (Å²) in [6.07, 6.45) is 4.71. The summed E-state index contributed by atoms with van der Waals surface area (Å²) in [5.74, 6) is 0. The van der Waals surface area contributed by atoms with E-state index in [9.17, 15) is 0 Å². The van der Waals surface area contributed by atoms with Crippen molar-refractivity contribution in [2.45, 2.75) is 90.5 Å². The topological polar surface area (TPSA) is 36.0 Å². The van der Waals surface area contributed by atoms with Gasteiger partial charge >= 0.3 is 6.85 Å². The van der Waals surface area contributed by atoms with Crippen LogP contribution in [0.5, 0.6) is 0 Å². The van der Waals surface area contributed by atoms with Crippen LogP contribution in [-0.2, 0) is 10.8 Å². The van der Waals surface area contributed by atoms with Crippen molar-refractivity contribution in [3.05, 3.63) is 174 Å². The number of hydrogen-bond donors (Lipinski definition) is 0. The number of aryl methyl sites for hydroxylation is 2. The molecule has 8 aromatic carbocycles. The molecule has 332 valence electrons. The van der Waals surface area contributed by atoms with Crippen LogP contribution < -0.4 is 25.5 Å². The highest BCUT2D eigenvalue weighted by atomic mass is 16.3. The van der Waals surface area contributed by atoms with Gasteiger partial charge in [-0.3, -0.25) is 0 Å². The normalized spacial score (nSPS) is 19.2. The third-order valence-electron chi connectivity index (χ3n) is 17.0. The zero-order valence-corrected chi connectivity index (χ0v) is 40.0. The monoisotopic (exact) mass is 883 g/mol. The fraction of sp³-hybridized carbons (Fsp3) is 0.226. The molecule has 0 N–H and O–H groups in total. The van der Waals surface area contributed by atoms with Crippen LogP contribution >= 0.6 is 0 Å². The van der Waals surface area contributed by atoms with Crippen molar-refractivity contribution >= 4 is 101 Å². The molecule has 6 heteroatoms. The van der Waals surface area contributed by atoms with Gasteiger partial charge in [-0.2, -0.15) is 0 Å². The smallest absolute Gasteiger partial charge is 0.333 e. The highest BCUT2D eigenvalue weighted by molar-refractivity contribution is 6.93. The quantitative estimate of drug-likeness (QED) is 0.165. The van der Waals surface area contributed by atoms with Gasteiger partial charge in [0.2, 0.25) is 0 Å². The second-order valence-corrected chi connectivity index (χ2v) is 21.7. The molecule has 1 fully saturated rings. The van der Waals surface area contributed by atoms with Crippen LogP contribution in [0, 0.1) is 13.8 Å². The van der Waals surface area contributed by atoms with E-state index in [2.05, 4.69) is 215 Å². The van der Waals surface area contributed by atoms with Crippen molar-refractivity contribution in [2.75, 3.05) is 14.6 Å². The van der Waals surface area contributed by atoms with Gasteiger partial charge in [0.05, 0.1) is 5.54 Å². The molecule has 14 rings (SSSR count). The summed E-state index contributed by atoms with van der Waals surface area (Å²) in [5.41, 5.74) is 22.3. The lowest BCUT2D eigenvalue weighted by Gasteiger charge is -2.53.